The van der Waals surface area contributed by atoms with Gasteiger partial charge in [0.05, 0.1) is 17.2 Å². The van der Waals surface area contributed by atoms with Crippen LogP contribution in [-0.4, -0.2) is 34.2 Å². The topological polar surface area (TPSA) is 65.8 Å². The molecular formula is C25H21N3O3. The third kappa shape index (κ3) is 2.60. The highest BCUT2D eigenvalue weighted by Gasteiger charge is 2.53. The largest absolute Gasteiger partial charge is 0.456 e. The molecule has 0 saturated carbocycles. The third-order valence-electron chi connectivity index (χ3n) is 5.94. The molecular weight excluding hydrogens is 390 g/mol. The van der Waals surface area contributed by atoms with E-state index in [1.54, 1.807) is 18.2 Å². The number of anilines is 2. The Bertz CT molecular complexity index is 1230. The minimum absolute atomic E-state index is 0.410. The lowest BCUT2D eigenvalue weighted by molar-refractivity contribution is 0.0224. The van der Waals surface area contributed by atoms with E-state index in [-0.39, 0.29) is 0 Å². The van der Waals surface area contributed by atoms with Crippen molar-refractivity contribution >= 4 is 17.3 Å². The van der Waals surface area contributed by atoms with Gasteiger partial charge in [0.1, 0.15) is 11.5 Å². The van der Waals surface area contributed by atoms with Crippen molar-refractivity contribution < 1.29 is 14.3 Å². The van der Waals surface area contributed by atoms with Gasteiger partial charge in [-0.25, -0.2) is 4.79 Å². The van der Waals surface area contributed by atoms with Crippen molar-refractivity contribution in [3.8, 4) is 17.6 Å². The molecule has 0 aliphatic carbocycles. The summed E-state index contributed by atoms with van der Waals surface area (Å²) in [4.78, 5) is 16.9. The fraction of sp³-hybridized carbons (Fsp3) is 0.200. The van der Waals surface area contributed by atoms with E-state index < -0.39 is 11.6 Å². The molecule has 0 bridgehead atoms. The van der Waals surface area contributed by atoms with Crippen molar-refractivity contribution in [1.29, 1.82) is 5.26 Å². The van der Waals surface area contributed by atoms with Gasteiger partial charge in [0.25, 0.3) is 0 Å². The van der Waals surface area contributed by atoms with Crippen molar-refractivity contribution in [3.63, 3.8) is 0 Å². The fourth-order valence-electron chi connectivity index (χ4n) is 4.32. The van der Waals surface area contributed by atoms with Gasteiger partial charge in [-0.3, -0.25) is 0 Å². The van der Waals surface area contributed by atoms with Crippen LogP contribution >= 0.6 is 0 Å². The Labute approximate surface area is 180 Å². The SMILES string of the molecule is CN(C)c1ccc2c(c1)Oc1cc(N(C)C)ccc1C21OC(=O)c2ccc(C#N)cc21. The molecule has 0 atom stereocenters. The van der Waals surface area contributed by atoms with Crippen molar-refractivity contribution in [1.82, 2.24) is 0 Å². The van der Waals surface area contributed by atoms with E-state index in [2.05, 4.69) is 6.07 Å². The van der Waals surface area contributed by atoms with Crippen LogP contribution in [-0.2, 0) is 10.3 Å². The zero-order valence-electron chi connectivity index (χ0n) is 17.8. The molecule has 0 amide bonds. The second-order valence-corrected chi connectivity index (χ2v) is 8.19. The standard InChI is InChI=1S/C25H21N3O3/c1-27(2)16-6-9-19-22(12-16)30-23-13-17(28(3)4)7-10-20(23)25(19)21-11-15(14-26)5-8-18(21)24(29)31-25/h5-13H,1-4H3. The number of rotatable bonds is 2. The zero-order valence-corrected chi connectivity index (χ0v) is 17.8. The number of hydrogen-bond acceptors (Lipinski definition) is 6. The van der Waals surface area contributed by atoms with Gasteiger partial charge in [0.2, 0.25) is 0 Å². The van der Waals surface area contributed by atoms with Crippen molar-refractivity contribution in [2.45, 2.75) is 5.60 Å². The first-order valence-electron chi connectivity index (χ1n) is 9.94. The number of hydrogen-bond donors (Lipinski definition) is 0. The van der Waals surface area contributed by atoms with E-state index >= 15 is 0 Å². The molecule has 0 fully saturated rings. The Morgan fingerprint density at radius 3 is 1.90 bits per heavy atom. The predicted octanol–water partition coefficient (Wildman–Crippen LogP) is 4.26. The van der Waals surface area contributed by atoms with Gasteiger partial charge in [0, 0.05) is 68.4 Å². The summed E-state index contributed by atoms with van der Waals surface area (Å²) >= 11 is 0. The van der Waals surface area contributed by atoms with E-state index in [0.29, 0.717) is 28.2 Å². The molecule has 0 aromatic heterocycles. The Morgan fingerprint density at radius 2 is 1.39 bits per heavy atom. The predicted molar refractivity (Wildman–Crippen MR) is 118 cm³/mol. The summed E-state index contributed by atoms with van der Waals surface area (Å²) in [5, 5.41) is 9.50. The van der Waals surface area contributed by atoms with E-state index in [0.717, 1.165) is 22.5 Å². The highest BCUT2D eigenvalue weighted by Crippen LogP contribution is 2.57. The molecule has 0 radical (unpaired) electrons. The van der Waals surface area contributed by atoms with Crippen LogP contribution in [0.1, 0.15) is 32.6 Å². The minimum Gasteiger partial charge on any atom is -0.456 e. The molecule has 2 heterocycles. The summed E-state index contributed by atoms with van der Waals surface area (Å²) in [7, 11) is 7.84. The molecule has 6 nitrogen and oxygen atoms in total. The third-order valence-corrected chi connectivity index (χ3v) is 5.94. The maximum absolute atomic E-state index is 12.9. The lowest BCUT2D eigenvalue weighted by atomic mass is 9.77. The van der Waals surface area contributed by atoms with E-state index in [4.69, 9.17) is 9.47 Å². The molecule has 2 aliphatic heterocycles. The monoisotopic (exact) mass is 411 g/mol. The van der Waals surface area contributed by atoms with Gasteiger partial charge in [-0.2, -0.15) is 5.26 Å². The summed E-state index contributed by atoms with van der Waals surface area (Å²) in [5.41, 5.74) is 3.85. The minimum atomic E-state index is -1.17. The smallest absolute Gasteiger partial charge is 0.340 e. The molecule has 2 aliphatic rings. The fourth-order valence-corrected chi connectivity index (χ4v) is 4.32. The quantitative estimate of drug-likeness (QED) is 0.587. The Morgan fingerprint density at radius 1 is 0.806 bits per heavy atom. The van der Waals surface area contributed by atoms with E-state index in [9.17, 15) is 10.1 Å². The summed E-state index contributed by atoms with van der Waals surface area (Å²) < 4.78 is 12.5. The lowest BCUT2D eigenvalue weighted by Crippen LogP contribution is -2.33. The lowest BCUT2D eigenvalue weighted by Gasteiger charge is -2.37. The molecule has 154 valence electrons. The number of carbonyl (C=O) groups excluding carboxylic acids is 1. The normalized spacial score (nSPS) is 14.6. The summed E-state index contributed by atoms with van der Waals surface area (Å²) in [6.45, 7) is 0. The van der Waals surface area contributed by atoms with Crippen LogP contribution in [0.3, 0.4) is 0 Å². The van der Waals surface area contributed by atoms with Crippen molar-refractivity contribution in [2.75, 3.05) is 38.0 Å². The number of ether oxygens (including phenoxy) is 2. The van der Waals surface area contributed by atoms with Gasteiger partial charge in [0.15, 0.2) is 5.60 Å². The molecule has 1 spiro atoms. The number of carbonyl (C=O) groups is 1. The summed E-state index contributed by atoms with van der Waals surface area (Å²) in [5.74, 6) is 0.835. The van der Waals surface area contributed by atoms with Crippen LogP contribution in [0.25, 0.3) is 0 Å². The first kappa shape index (κ1) is 19.0. The Balaban J connectivity index is 1.85. The van der Waals surface area contributed by atoms with Gasteiger partial charge in [-0.05, 0) is 42.5 Å². The van der Waals surface area contributed by atoms with Crippen LogP contribution in [0.15, 0.2) is 54.6 Å². The first-order chi connectivity index (χ1) is 14.8. The summed E-state index contributed by atoms with van der Waals surface area (Å²) in [6.07, 6.45) is 0. The van der Waals surface area contributed by atoms with Crippen molar-refractivity contribution in [2.24, 2.45) is 0 Å². The van der Waals surface area contributed by atoms with Crippen molar-refractivity contribution in [3.05, 3.63) is 82.4 Å². The van der Waals surface area contributed by atoms with E-state index in [1.165, 1.54) is 0 Å². The second-order valence-electron chi connectivity index (χ2n) is 8.19. The average Bonchev–Trinajstić information content (AvgIpc) is 3.05. The van der Waals surface area contributed by atoms with Crippen LogP contribution < -0.4 is 14.5 Å². The summed E-state index contributed by atoms with van der Waals surface area (Å²) in [6, 6.07) is 19.0. The number of fused-ring (bicyclic) bond motifs is 6. The maximum Gasteiger partial charge on any atom is 0.340 e. The van der Waals surface area contributed by atoms with E-state index in [1.807, 2.05) is 74.4 Å². The van der Waals surface area contributed by atoms with Crippen LogP contribution in [0.5, 0.6) is 11.5 Å². The Hall–Kier alpha value is -3.98. The van der Waals surface area contributed by atoms with Crippen LogP contribution in [0.2, 0.25) is 0 Å². The van der Waals surface area contributed by atoms with Gasteiger partial charge in [-0.1, -0.05) is 0 Å². The van der Waals surface area contributed by atoms with Gasteiger partial charge >= 0.3 is 5.97 Å². The van der Waals surface area contributed by atoms with Gasteiger partial charge < -0.3 is 19.3 Å². The zero-order chi connectivity index (χ0) is 21.9. The van der Waals surface area contributed by atoms with Crippen LogP contribution in [0, 0.1) is 11.3 Å². The number of nitrogens with zero attached hydrogens (tertiary/aromatic N) is 3. The number of esters is 1. The molecule has 0 N–H and O–H groups in total. The number of nitriles is 1. The second kappa shape index (κ2) is 6.51. The van der Waals surface area contributed by atoms with Gasteiger partial charge in [-0.15, -0.1) is 0 Å². The molecule has 6 heteroatoms. The Kier molecular flexibility index (Phi) is 3.99. The highest BCUT2D eigenvalue weighted by molar-refractivity contribution is 5.97. The first-order valence-corrected chi connectivity index (χ1v) is 9.94. The maximum atomic E-state index is 12.9. The molecule has 3 aromatic rings. The molecule has 31 heavy (non-hydrogen) atoms. The molecule has 0 unspecified atom stereocenters. The number of benzene rings is 3. The molecule has 5 rings (SSSR count). The average molecular weight is 411 g/mol. The molecule has 0 saturated heterocycles. The van der Waals surface area contributed by atoms with Crippen LogP contribution in [0.4, 0.5) is 11.4 Å². The highest BCUT2D eigenvalue weighted by atomic mass is 16.6. The molecule has 3 aromatic carbocycles.